The maximum absolute atomic E-state index is 11.4. The van der Waals surface area contributed by atoms with Gasteiger partial charge in [0.15, 0.2) is 0 Å². The van der Waals surface area contributed by atoms with Crippen molar-refractivity contribution in [2.75, 3.05) is 0 Å². The van der Waals surface area contributed by atoms with Crippen LogP contribution in [0, 0.1) is 0 Å². The van der Waals surface area contributed by atoms with Crippen LogP contribution >= 0.6 is 0 Å². The first-order valence-electron chi connectivity index (χ1n) is 4.31. The summed E-state index contributed by atoms with van der Waals surface area (Å²) in [4.78, 5) is 24.0. The van der Waals surface area contributed by atoms with E-state index in [1.807, 2.05) is 6.92 Å². The third-order valence-corrected chi connectivity index (χ3v) is 2.25. The van der Waals surface area contributed by atoms with Gasteiger partial charge in [-0.05, 0) is 19.8 Å². The van der Waals surface area contributed by atoms with E-state index in [0.717, 1.165) is 12.8 Å². The highest BCUT2D eigenvalue weighted by molar-refractivity contribution is 5.97. The molecule has 0 spiro atoms. The Morgan fingerprint density at radius 3 is 2.58 bits per heavy atom. The Morgan fingerprint density at radius 1 is 1.42 bits per heavy atom. The highest BCUT2D eigenvalue weighted by Gasteiger charge is 2.40. The molecule has 12 heavy (non-hydrogen) atoms. The maximum atomic E-state index is 11.4. The zero-order valence-electron chi connectivity index (χ0n) is 7.04. The van der Waals surface area contributed by atoms with Gasteiger partial charge in [0.05, 0.1) is 0 Å². The normalized spacial score (nSPS) is 30.4. The number of nitrogens with one attached hydrogen (secondary N) is 1. The summed E-state index contributed by atoms with van der Waals surface area (Å²) >= 11 is 0. The summed E-state index contributed by atoms with van der Waals surface area (Å²) in [5.74, 6) is -0.0197. The minimum absolute atomic E-state index is 0.000000000000000222. The lowest BCUT2D eigenvalue weighted by molar-refractivity contribution is -0.130. The second-order valence-electron chi connectivity index (χ2n) is 3.55. The molecule has 2 fully saturated rings. The van der Waals surface area contributed by atoms with Crippen molar-refractivity contribution in [3.8, 4) is 0 Å². The molecular formula is C8H12N2O2. The molecule has 1 aliphatic carbocycles. The van der Waals surface area contributed by atoms with Crippen molar-refractivity contribution in [3.05, 3.63) is 0 Å². The lowest BCUT2D eigenvalue weighted by Crippen LogP contribution is -2.54. The van der Waals surface area contributed by atoms with E-state index < -0.39 is 0 Å². The summed E-state index contributed by atoms with van der Waals surface area (Å²) in [6.45, 7) is 1.85. The number of carbonyl (C=O) groups is 2. The Hall–Kier alpha value is -1.06. The first-order valence-corrected chi connectivity index (χ1v) is 4.31. The average Bonchev–Trinajstić information content (AvgIpc) is 2.68. The molecule has 2 aliphatic rings. The van der Waals surface area contributed by atoms with Gasteiger partial charge in [-0.25, -0.2) is 4.79 Å². The van der Waals surface area contributed by atoms with Crippen LogP contribution in [0.3, 0.4) is 0 Å². The molecule has 3 amide bonds. The quantitative estimate of drug-likeness (QED) is 0.619. The van der Waals surface area contributed by atoms with Gasteiger partial charge in [-0.3, -0.25) is 9.69 Å². The van der Waals surface area contributed by atoms with Gasteiger partial charge in [-0.15, -0.1) is 0 Å². The molecule has 1 unspecified atom stereocenters. The number of nitrogens with zero attached hydrogens (tertiary/aromatic N) is 1. The van der Waals surface area contributed by atoms with Crippen molar-refractivity contribution >= 4 is 11.9 Å². The molecular weight excluding hydrogens is 156 g/mol. The van der Waals surface area contributed by atoms with Crippen molar-refractivity contribution in [1.82, 2.24) is 10.2 Å². The van der Waals surface area contributed by atoms with Crippen molar-refractivity contribution in [1.29, 1.82) is 0 Å². The fourth-order valence-electron chi connectivity index (χ4n) is 1.51. The average molecular weight is 168 g/mol. The fourth-order valence-corrected chi connectivity index (χ4v) is 1.51. The summed E-state index contributed by atoms with van der Waals surface area (Å²) in [5.41, 5.74) is 0. The van der Waals surface area contributed by atoms with Gasteiger partial charge in [0.25, 0.3) is 0 Å². The highest BCUT2D eigenvalue weighted by Crippen LogP contribution is 2.28. The van der Waals surface area contributed by atoms with Crippen LogP contribution in [0.5, 0.6) is 0 Å². The minimum Gasteiger partial charge on any atom is -0.335 e. The van der Waals surface area contributed by atoms with Gasteiger partial charge in [0, 0.05) is 18.5 Å². The van der Waals surface area contributed by atoms with Crippen LogP contribution in [0.4, 0.5) is 4.79 Å². The third kappa shape index (κ3) is 1.17. The summed E-state index contributed by atoms with van der Waals surface area (Å²) in [5, 5.41) is 2.75. The van der Waals surface area contributed by atoms with E-state index in [1.165, 1.54) is 4.90 Å². The standard InChI is InChI=1S/C8H12N2O2/c1-5-4-7(11)10(6-2-3-6)8(12)9-5/h5-6H,2-4H2,1H3,(H,9,12). The van der Waals surface area contributed by atoms with Crippen molar-refractivity contribution < 1.29 is 9.59 Å². The van der Waals surface area contributed by atoms with E-state index >= 15 is 0 Å². The Morgan fingerprint density at radius 2 is 2.08 bits per heavy atom. The number of hydrogen-bond donors (Lipinski definition) is 1. The van der Waals surface area contributed by atoms with E-state index in [2.05, 4.69) is 5.32 Å². The first-order chi connectivity index (χ1) is 5.68. The molecule has 1 heterocycles. The Labute approximate surface area is 70.9 Å². The van der Waals surface area contributed by atoms with Gasteiger partial charge < -0.3 is 5.32 Å². The maximum Gasteiger partial charge on any atom is 0.324 e. The molecule has 0 aromatic rings. The molecule has 1 aliphatic heterocycles. The molecule has 1 atom stereocenters. The SMILES string of the molecule is CC1CC(=O)N(C2CC2)C(=O)N1. The Balaban J connectivity index is 2.10. The monoisotopic (exact) mass is 168 g/mol. The van der Waals surface area contributed by atoms with Crippen LogP contribution in [0.2, 0.25) is 0 Å². The minimum atomic E-state index is -0.207. The second kappa shape index (κ2) is 2.47. The van der Waals surface area contributed by atoms with Gasteiger partial charge in [0.1, 0.15) is 0 Å². The topological polar surface area (TPSA) is 49.4 Å². The van der Waals surface area contributed by atoms with Crippen LogP contribution in [-0.2, 0) is 4.79 Å². The first kappa shape index (κ1) is 7.58. The van der Waals surface area contributed by atoms with Gasteiger partial charge >= 0.3 is 6.03 Å². The van der Waals surface area contributed by atoms with Crippen molar-refractivity contribution in [2.24, 2.45) is 0 Å². The lowest BCUT2D eigenvalue weighted by Gasteiger charge is -2.29. The third-order valence-electron chi connectivity index (χ3n) is 2.25. The van der Waals surface area contributed by atoms with E-state index in [1.54, 1.807) is 0 Å². The molecule has 1 saturated carbocycles. The molecule has 0 aromatic heterocycles. The van der Waals surface area contributed by atoms with Crippen LogP contribution in [0.1, 0.15) is 26.2 Å². The van der Waals surface area contributed by atoms with Crippen LogP contribution < -0.4 is 5.32 Å². The Kier molecular flexibility index (Phi) is 1.56. The van der Waals surface area contributed by atoms with E-state index in [9.17, 15) is 9.59 Å². The number of urea groups is 1. The zero-order chi connectivity index (χ0) is 8.72. The van der Waals surface area contributed by atoms with E-state index in [-0.39, 0.29) is 24.0 Å². The van der Waals surface area contributed by atoms with Gasteiger partial charge in [0.2, 0.25) is 5.91 Å². The second-order valence-corrected chi connectivity index (χ2v) is 3.55. The Bertz CT molecular complexity index is 217. The lowest BCUT2D eigenvalue weighted by atomic mass is 10.2. The molecule has 1 saturated heterocycles. The predicted molar refractivity (Wildman–Crippen MR) is 42.5 cm³/mol. The van der Waals surface area contributed by atoms with E-state index in [4.69, 9.17) is 0 Å². The van der Waals surface area contributed by atoms with Gasteiger partial charge in [-0.1, -0.05) is 0 Å². The summed E-state index contributed by atoms with van der Waals surface area (Å²) in [6, 6.07) is -0.00810. The number of hydrogen-bond acceptors (Lipinski definition) is 2. The largest absolute Gasteiger partial charge is 0.335 e. The molecule has 1 N–H and O–H groups in total. The molecule has 4 heteroatoms. The zero-order valence-corrected chi connectivity index (χ0v) is 7.04. The summed E-state index contributed by atoms with van der Waals surface area (Å²) in [6.07, 6.45) is 2.41. The molecule has 0 aromatic carbocycles. The fraction of sp³-hybridized carbons (Fsp3) is 0.750. The molecule has 0 radical (unpaired) electrons. The molecule has 66 valence electrons. The van der Waals surface area contributed by atoms with Crippen molar-refractivity contribution in [3.63, 3.8) is 0 Å². The van der Waals surface area contributed by atoms with E-state index in [0.29, 0.717) is 6.42 Å². The molecule has 2 rings (SSSR count). The number of amides is 3. The van der Waals surface area contributed by atoms with Crippen LogP contribution in [0.25, 0.3) is 0 Å². The number of carbonyl (C=O) groups excluding carboxylic acids is 2. The number of imide groups is 1. The summed E-state index contributed by atoms with van der Waals surface area (Å²) in [7, 11) is 0. The van der Waals surface area contributed by atoms with Crippen LogP contribution in [-0.4, -0.2) is 28.9 Å². The highest BCUT2D eigenvalue weighted by atomic mass is 16.2. The number of rotatable bonds is 1. The molecule has 4 nitrogen and oxygen atoms in total. The van der Waals surface area contributed by atoms with Crippen LogP contribution in [0.15, 0.2) is 0 Å². The van der Waals surface area contributed by atoms with Crippen molar-refractivity contribution in [2.45, 2.75) is 38.3 Å². The van der Waals surface area contributed by atoms with Gasteiger partial charge in [-0.2, -0.15) is 0 Å². The molecule has 0 bridgehead atoms. The summed E-state index contributed by atoms with van der Waals surface area (Å²) < 4.78 is 0. The smallest absolute Gasteiger partial charge is 0.324 e. The predicted octanol–water partition coefficient (Wildman–Crippen LogP) is 0.479.